The molecular formula is C14H14N6O2. The highest BCUT2D eigenvalue weighted by molar-refractivity contribution is 5.60. The zero-order valence-corrected chi connectivity index (χ0v) is 11.8. The minimum absolute atomic E-state index is 0.0971. The van der Waals surface area contributed by atoms with Crippen LogP contribution in [0, 0.1) is 21.4 Å². The van der Waals surface area contributed by atoms with Gasteiger partial charge in [0.1, 0.15) is 23.8 Å². The van der Waals surface area contributed by atoms with Gasteiger partial charge in [0, 0.05) is 30.8 Å². The zero-order chi connectivity index (χ0) is 15.5. The van der Waals surface area contributed by atoms with Gasteiger partial charge in [0.25, 0.3) is 5.69 Å². The maximum absolute atomic E-state index is 10.9. The van der Waals surface area contributed by atoms with Crippen molar-refractivity contribution >= 4 is 11.4 Å². The van der Waals surface area contributed by atoms with E-state index >= 15 is 0 Å². The van der Waals surface area contributed by atoms with E-state index in [0.29, 0.717) is 5.92 Å². The zero-order valence-electron chi connectivity index (χ0n) is 11.8. The van der Waals surface area contributed by atoms with E-state index in [1.165, 1.54) is 12.4 Å². The highest BCUT2D eigenvalue weighted by atomic mass is 16.6. The number of hydrogen-bond acceptors (Lipinski definition) is 6. The van der Waals surface area contributed by atoms with Gasteiger partial charge in [0.15, 0.2) is 0 Å². The van der Waals surface area contributed by atoms with Crippen LogP contribution in [-0.4, -0.2) is 33.2 Å². The summed E-state index contributed by atoms with van der Waals surface area (Å²) >= 11 is 0. The Kier molecular flexibility index (Phi) is 3.70. The van der Waals surface area contributed by atoms with Crippen LogP contribution in [0.3, 0.4) is 0 Å². The summed E-state index contributed by atoms with van der Waals surface area (Å²) in [5.41, 5.74) is 0.792. The quantitative estimate of drug-likeness (QED) is 0.684. The summed E-state index contributed by atoms with van der Waals surface area (Å²) < 4.78 is 0. The molecule has 1 aromatic carbocycles. The van der Waals surface area contributed by atoms with Crippen LogP contribution in [0.4, 0.5) is 11.4 Å². The fourth-order valence-electron chi connectivity index (χ4n) is 2.79. The third-order valence-corrected chi connectivity index (χ3v) is 3.98. The summed E-state index contributed by atoms with van der Waals surface area (Å²) in [6.45, 7) is 1.63. The van der Waals surface area contributed by atoms with Crippen molar-refractivity contribution in [1.29, 1.82) is 5.26 Å². The second-order valence-corrected chi connectivity index (χ2v) is 5.20. The summed E-state index contributed by atoms with van der Waals surface area (Å²) in [6, 6.07) is 6.59. The van der Waals surface area contributed by atoms with Crippen molar-refractivity contribution in [3.05, 3.63) is 46.0 Å². The molecule has 1 aliphatic heterocycles. The lowest BCUT2D eigenvalue weighted by Gasteiger charge is -2.32. The molecule has 0 bridgehead atoms. The van der Waals surface area contributed by atoms with E-state index in [9.17, 15) is 10.1 Å². The van der Waals surface area contributed by atoms with Crippen molar-refractivity contribution in [1.82, 2.24) is 15.2 Å². The van der Waals surface area contributed by atoms with Gasteiger partial charge >= 0.3 is 0 Å². The number of nitro benzene ring substituents is 1. The molecule has 0 amide bonds. The van der Waals surface area contributed by atoms with Crippen molar-refractivity contribution < 1.29 is 4.92 Å². The molecule has 0 unspecified atom stereocenters. The van der Waals surface area contributed by atoms with Crippen LogP contribution in [0.15, 0.2) is 24.5 Å². The lowest BCUT2D eigenvalue weighted by Crippen LogP contribution is -2.33. The lowest BCUT2D eigenvalue weighted by molar-refractivity contribution is -0.385. The average molecular weight is 298 g/mol. The largest absolute Gasteiger partial charge is 0.371 e. The van der Waals surface area contributed by atoms with Crippen molar-refractivity contribution in [3.63, 3.8) is 0 Å². The van der Waals surface area contributed by atoms with E-state index in [4.69, 9.17) is 5.26 Å². The summed E-state index contributed by atoms with van der Waals surface area (Å²) in [5.74, 6) is 1.26. The number of anilines is 1. The predicted octanol–water partition coefficient (Wildman–Crippen LogP) is 1.97. The summed E-state index contributed by atoms with van der Waals surface area (Å²) in [6.07, 6.45) is 3.36. The predicted molar refractivity (Wildman–Crippen MR) is 78.4 cm³/mol. The third-order valence-electron chi connectivity index (χ3n) is 3.98. The highest BCUT2D eigenvalue weighted by Crippen LogP contribution is 2.30. The van der Waals surface area contributed by atoms with Gasteiger partial charge in [-0.05, 0) is 25.0 Å². The molecule has 2 heterocycles. The molecule has 8 nitrogen and oxygen atoms in total. The summed E-state index contributed by atoms with van der Waals surface area (Å²) in [5, 5.41) is 26.7. The van der Waals surface area contributed by atoms with Crippen molar-refractivity contribution in [2.45, 2.75) is 18.8 Å². The fourth-order valence-corrected chi connectivity index (χ4v) is 2.79. The normalized spacial score (nSPS) is 15.5. The Labute approximate surface area is 126 Å². The molecule has 1 aliphatic rings. The molecule has 1 saturated heterocycles. The van der Waals surface area contributed by atoms with Gasteiger partial charge in [-0.1, -0.05) is 0 Å². The third kappa shape index (κ3) is 2.61. The second kappa shape index (κ2) is 5.81. The number of aromatic amines is 1. The number of nitrogens with one attached hydrogen (secondary N) is 1. The molecule has 2 aromatic rings. The van der Waals surface area contributed by atoms with Crippen LogP contribution < -0.4 is 4.90 Å². The standard InChI is InChI=1S/C14H14N6O2/c15-8-11-7-12(1-2-13(11)20(21)22)19-5-3-10(4-6-19)14-16-9-17-18-14/h1-2,7,9-10H,3-6H2,(H,16,17,18). The number of hydrogen-bond donors (Lipinski definition) is 1. The first kappa shape index (κ1) is 14.0. The number of piperidine rings is 1. The molecule has 0 radical (unpaired) electrons. The maximum Gasteiger partial charge on any atom is 0.287 e. The van der Waals surface area contributed by atoms with Crippen molar-refractivity contribution in [3.8, 4) is 6.07 Å². The topological polar surface area (TPSA) is 112 Å². The number of nitro groups is 1. The molecular weight excluding hydrogens is 284 g/mol. The summed E-state index contributed by atoms with van der Waals surface area (Å²) in [4.78, 5) is 16.7. The number of aromatic nitrogens is 3. The van der Waals surface area contributed by atoms with E-state index in [1.807, 2.05) is 6.07 Å². The Morgan fingerprint density at radius 3 is 2.77 bits per heavy atom. The van der Waals surface area contributed by atoms with Crippen LogP contribution in [-0.2, 0) is 0 Å². The first-order valence-corrected chi connectivity index (χ1v) is 6.98. The lowest BCUT2D eigenvalue weighted by atomic mass is 9.95. The molecule has 1 aromatic heterocycles. The number of nitriles is 1. The SMILES string of the molecule is N#Cc1cc(N2CCC(c3ncn[nH]3)CC2)ccc1[N+](=O)[O-]. The average Bonchev–Trinajstić information content (AvgIpc) is 3.08. The van der Waals surface area contributed by atoms with Crippen LogP contribution in [0.5, 0.6) is 0 Å². The smallest absolute Gasteiger partial charge is 0.287 e. The molecule has 0 saturated carbocycles. The molecule has 1 N–H and O–H groups in total. The van der Waals surface area contributed by atoms with Gasteiger partial charge in [-0.2, -0.15) is 10.4 Å². The van der Waals surface area contributed by atoms with Crippen LogP contribution in [0.25, 0.3) is 0 Å². The van der Waals surface area contributed by atoms with Gasteiger partial charge in [0.2, 0.25) is 0 Å². The first-order valence-electron chi connectivity index (χ1n) is 6.98. The van der Waals surface area contributed by atoms with E-state index < -0.39 is 4.92 Å². The minimum Gasteiger partial charge on any atom is -0.371 e. The summed E-state index contributed by atoms with van der Waals surface area (Å²) in [7, 11) is 0. The van der Waals surface area contributed by atoms with Gasteiger partial charge in [-0.25, -0.2) is 4.98 Å². The molecule has 3 rings (SSSR count). The number of H-pyrrole nitrogens is 1. The highest BCUT2D eigenvalue weighted by Gasteiger charge is 2.24. The minimum atomic E-state index is -0.529. The van der Waals surface area contributed by atoms with Gasteiger partial charge in [-0.3, -0.25) is 15.2 Å². The molecule has 112 valence electrons. The van der Waals surface area contributed by atoms with Crippen LogP contribution in [0.2, 0.25) is 0 Å². The first-order chi connectivity index (χ1) is 10.7. The van der Waals surface area contributed by atoms with E-state index in [2.05, 4.69) is 20.1 Å². The van der Waals surface area contributed by atoms with Crippen molar-refractivity contribution in [2.75, 3.05) is 18.0 Å². The monoisotopic (exact) mass is 298 g/mol. The van der Waals surface area contributed by atoms with Crippen LogP contribution in [0.1, 0.15) is 30.1 Å². The Morgan fingerprint density at radius 1 is 1.41 bits per heavy atom. The van der Waals surface area contributed by atoms with E-state index in [1.54, 1.807) is 12.1 Å². The van der Waals surface area contributed by atoms with Crippen LogP contribution >= 0.6 is 0 Å². The molecule has 22 heavy (non-hydrogen) atoms. The molecule has 0 aliphatic carbocycles. The van der Waals surface area contributed by atoms with Gasteiger partial charge in [0.05, 0.1) is 4.92 Å². The van der Waals surface area contributed by atoms with Gasteiger partial charge in [-0.15, -0.1) is 0 Å². The Balaban J connectivity index is 1.74. The fraction of sp³-hybridized carbons (Fsp3) is 0.357. The van der Waals surface area contributed by atoms with E-state index in [-0.39, 0.29) is 11.3 Å². The second-order valence-electron chi connectivity index (χ2n) is 5.20. The molecule has 8 heteroatoms. The molecule has 1 fully saturated rings. The maximum atomic E-state index is 10.9. The number of benzene rings is 1. The molecule has 0 spiro atoms. The Morgan fingerprint density at radius 2 is 2.18 bits per heavy atom. The number of rotatable bonds is 3. The Hall–Kier alpha value is -2.95. The number of nitrogens with zero attached hydrogens (tertiary/aromatic N) is 5. The molecule has 0 atom stereocenters. The Bertz CT molecular complexity index is 713. The van der Waals surface area contributed by atoms with E-state index in [0.717, 1.165) is 37.4 Å². The van der Waals surface area contributed by atoms with Crippen molar-refractivity contribution in [2.24, 2.45) is 0 Å². The van der Waals surface area contributed by atoms with Gasteiger partial charge < -0.3 is 4.90 Å².